The van der Waals surface area contributed by atoms with Crippen LogP contribution in [0.25, 0.3) is 0 Å². The van der Waals surface area contributed by atoms with E-state index in [1.54, 1.807) is 7.11 Å². The quantitative estimate of drug-likeness (QED) is 0.813. The van der Waals surface area contributed by atoms with Crippen LogP contribution in [0, 0.1) is 5.92 Å². The molecule has 1 aromatic carbocycles. The number of ether oxygens (including phenoxy) is 1. The molecule has 0 bridgehead atoms. The van der Waals surface area contributed by atoms with Crippen LogP contribution in [0.2, 0.25) is 0 Å². The Hall–Kier alpha value is -1.88. The second-order valence-corrected chi connectivity index (χ2v) is 8.05. The molecule has 0 spiro atoms. The van der Waals surface area contributed by atoms with Gasteiger partial charge in [0, 0.05) is 38.6 Å². The molecule has 1 aromatic rings. The number of fused-ring (bicyclic) bond motifs is 1. The van der Waals surface area contributed by atoms with E-state index >= 15 is 0 Å². The Morgan fingerprint density at radius 2 is 1.92 bits per heavy atom. The van der Waals surface area contributed by atoms with Crippen molar-refractivity contribution in [3.05, 3.63) is 35.9 Å². The first-order valence-electron chi connectivity index (χ1n) is 9.76. The predicted molar refractivity (Wildman–Crippen MR) is 98.7 cm³/mol. The molecule has 140 valence electrons. The average molecular weight is 356 g/mol. The SMILES string of the molecule is COCC(=O)N1CC[C@]2(c3ccccc3)CCN(CC3CC3)C(=O)C[C@@H]12. The van der Waals surface area contributed by atoms with E-state index in [9.17, 15) is 9.59 Å². The highest BCUT2D eigenvalue weighted by Gasteiger charge is 2.52. The van der Waals surface area contributed by atoms with E-state index < -0.39 is 0 Å². The highest BCUT2D eigenvalue weighted by atomic mass is 16.5. The Morgan fingerprint density at radius 3 is 2.62 bits per heavy atom. The van der Waals surface area contributed by atoms with Crippen LogP contribution >= 0.6 is 0 Å². The maximum Gasteiger partial charge on any atom is 0.248 e. The van der Waals surface area contributed by atoms with Crippen molar-refractivity contribution in [1.82, 2.24) is 9.80 Å². The van der Waals surface area contributed by atoms with Crippen molar-refractivity contribution in [2.75, 3.05) is 33.4 Å². The normalized spacial score (nSPS) is 28.8. The van der Waals surface area contributed by atoms with Crippen LogP contribution < -0.4 is 0 Å². The van der Waals surface area contributed by atoms with Crippen molar-refractivity contribution in [2.45, 2.75) is 43.6 Å². The number of methoxy groups -OCH3 is 1. The minimum Gasteiger partial charge on any atom is -0.375 e. The summed E-state index contributed by atoms with van der Waals surface area (Å²) >= 11 is 0. The topological polar surface area (TPSA) is 49.9 Å². The van der Waals surface area contributed by atoms with Crippen LogP contribution in [-0.4, -0.2) is 61.0 Å². The van der Waals surface area contributed by atoms with Gasteiger partial charge in [0.25, 0.3) is 0 Å². The molecule has 2 atom stereocenters. The van der Waals surface area contributed by atoms with Crippen molar-refractivity contribution in [2.24, 2.45) is 5.92 Å². The van der Waals surface area contributed by atoms with E-state index in [0.29, 0.717) is 18.9 Å². The molecule has 5 heteroatoms. The van der Waals surface area contributed by atoms with Gasteiger partial charge in [0.1, 0.15) is 6.61 Å². The molecule has 2 amide bonds. The zero-order valence-corrected chi connectivity index (χ0v) is 15.5. The molecule has 2 saturated heterocycles. The third-order valence-electron chi connectivity index (χ3n) is 6.47. The smallest absolute Gasteiger partial charge is 0.248 e. The summed E-state index contributed by atoms with van der Waals surface area (Å²) in [7, 11) is 1.55. The van der Waals surface area contributed by atoms with E-state index in [4.69, 9.17) is 4.74 Å². The van der Waals surface area contributed by atoms with Crippen molar-refractivity contribution < 1.29 is 14.3 Å². The van der Waals surface area contributed by atoms with Crippen LogP contribution in [0.5, 0.6) is 0 Å². The Bertz CT molecular complexity index is 673. The van der Waals surface area contributed by atoms with Crippen molar-refractivity contribution in [1.29, 1.82) is 0 Å². The van der Waals surface area contributed by atoms with Gasteiger partial charge in [0.05, 0.1) is 6.04 Å². The third-order valence-corrected chi connectivity index (χ3v) is 6.47. The van der Waals surface area contributed by atoms with Crippen LogP contribution in [0.4, 0.5) is 0 Å². The summed E-state index contributed by atoms with van der Waals surface area (Å²) in [6.07, 6.45) is 4.76. The molecule has 4 rings (SSSR count). The summed E-state index contributed by atoms with van der Waals surface area (Å²) in [5.41, 5.74) is 1.14. The summed E-state index contributed by atoms with van der Waals surface area (Å²) in [6.45, 7) is 2.48. The molecule has 0 N–H and O–H groups in total. The summed E-state index contributed by atoms with van der Waals surface area (Å²) in [5, 5.41) is 0. The van der Waals surface area contributed by atoms with Crippen molar-refractivity contribution >= 4 is 11.8 Å². The number of nitrogens with zero attached hydrogens (tertiary/aromatic N) is 2. The van der Waals surface area contributed by atoms with Crippen LogP contribution in [0.1, 0.15) is 37.7 Å². The fourth-order valence-corrected chi connectivity index (χ4v) is 4.85. The lowest BCUT2D eigenvalue weighted by molar-refractivity contribution is -0.138. The fraction of sp³-hybridized carbons (Fsp3) is 0.619. The largest absolute Gasteiger partial charge is 0.375 e. The van der Waals surface area contributed by atoms with Crippen LogP contribution in [-0.2, 0) is 19.7 Å². The number of carbonyl (C=O) groups excluding carboxylic acids is 2. The van der Waals surface area contributed by atoms with Gasteiger partial charge < -0.3 is 14.5 Å². The van der Waals surface area contributed by atoms with Crippen LogP contribution in [0.3, 0.4) is 0 Å². The molecule has 0 unspecified atom stereocenters. The fourth-order valence-electron chi connectivity index (χ4n) is 4.85. The van der Waals surface area contributed by atoms with Gasteiger partial charge in [-0.15, -0.1) is 0 Å². The number of hydrogen-bond acceptors (Lipinski definition) is 3. The summed E-state index contributed by atoms with van der Waals surface area (Å²) < 4.78 is 5.09. The van der Waals surface area contributed by atoms with Crippen molar-refractivity contribution in [3.8, 4) is 0 Å². The number of likely N-dealkylation sites (tertiary alicyclic amines) is 2. The molecule has 1 aliphatic carbocycles. The van der Waals surface area contributed by atoms with Gasteiger partial charge in [0.15, 0.2) is 0 Å². The Balaban J connectivity index is 1.66. The Labute approximate surface area is 155 Å². The van der Waals surface area contributed by atoms with E-state index in [0.717, 1.165) is 25.9 Å². The standard InChI is InChI=1S/C21H28N2O3/c1-26-15-20(25)23-12-10-21(17-5-3-2-4-6-17)9-11-22(14-16-7-8-16)19(24)13-18(21)23/h2-6,16,18H,7-15H2,1H3/t18-,21+/m1/s1. The van der Waals surface area contributed by atoms with Crippen LogP contribution in [0.15, 0.2) is 30.3 Å². The van der Waals surface area contributed by atoms with Gasteiger partial charge in [-0.3, -0.25) is 9.59 Å². The molecule has 0 aromatic heterocycles. The summed E-state index contributed by atoms with van der Waals surface area (Å²) in [5.74, 6) is 0.895. The molecule has 3 aliphatic rings. The first-order chi connectivity index (χ1) is 12.6. The zero-order chi connectivity index (χ0) is 18.1. The Morgan fingerprint density at radius 1 is 1.19 bits per heavy atom. The molecular weight excluding hydrogens is 328 g/mol. The highest BCUT2D eigenvalue weighted by molar-refractivity contribution is 5.82. The predicted octanol–water partition coefficient (Wildman–Crippen LogP) is 2.20. The van der Waals surface area contributed by atoms with Gasteiger partial charge in [-0.25, -0.2) is 0 Å². The van der Waals surface area contributed by atoms with Crippen molar-refractivity contribution in [3.63, 3.8) is 0 Å². The maximum absolute atomic E-state index is 13.0. The minimum absolute atomic E-state index is 0.00116. The lowest BCUT2D eigenvalue weighted by atomic mass is 9.71. The lowest BCUT2D eigenvalue weighted by Gasteiger charge is -2.36. The second-order valence-electron chi connectivity index (χ2n) is 8.05. The third kappa shape index (κ3) is 3.13. The molecule has 3 fully saturated rings. The molecule has 2 aliphatic heterocycles. The molecular formula is C21H28N2O3. The lowest BCUT2D eigenvalue weighted by Crippen LogP contribution is -2.46. The van der Waals surface area contributed by atoms with Gasteiger partial charge in [0.2, 0.25) is 11.8 Å². The molecule has 0 radical (unpaired) electrons. The number of rotatable bonds is 5. The first kappa shape index (κ1) is 17.5. The van der Waals surface area contributed by atoms with Gasteiger partial charge >= 0.3 is 0 Å². The molecule has 1 saturated carbocycles. The zero-order valence-electron chi connectivity index (χ0n) is 15.5. The van der Waals surface area contributed by atoms with E-state index in [-0.39, 0.29) is 29.9 Å². The summed E-state index contributed by atoms with van der Waals surface area (Å²) in [4.78, 5) is 29.6. The monoisotopic (exact) mass is 356 g/mol. The number of benzene rings is 1. The van der Waals surface area contributed by atoms with Gasteiger partial charge in [-0.05, 0) is 37.2 Å². The summed E-state index contributed by atoms with van der Waals surface area (Å²) in [6, 6.07) is 10.4. The first-order valence-corrected chi connectivity index (χ1v) is 9.76. The molecule has 5 nitrogen and oxygen atoms in total. The molecule has 26 heavy (non-hydrogen) atoms. The van der Waals surface area contributed by atoms with E-state index in [1.165, 1.54) is 18.4 Å². The number of carbonyl (C=O) groups is 2. The highest BCUT2D eigenvalue weighted by Crippen LogP contribution is 2.46. The molecule has 2 heterocycles. The van der Waals surface area contributed by atoms with Gasteiger partial charge in [-0.1, -0.05) is 30.3 Å². The number of amides is 2. The van der Waals surface area contributed by atoms with E-state index in [2.05, 4.69) is 29.2 Å². The maximum atomic E-state index is 13.0. The Kier molecular flexibility index (Phi) is 4.74. The average Bonchev–Trinajstić information content (AvgIpc) is 3.42. The number of hydrogen-bond donors (Lipinski definition) is 0. The second kappa shape index (κ2) is 7.03. The minimum atomic E-state index is -0.126. The van der Waals surface area contributed by atoms with Gasteiger partial charge in [-0.2, -0.15) is 0 Å². The van der Waals surface area contributed by atoms with E-state index in [1.807, 2.05) is 11.0 Å².